The molecule has 1 aliphatic heterocycles. The molecule has 2 rings (SSSR count). The van der Waals surface area contributed by atoms with Crippen LogP contribution in [0.5, 0.6) is 0 Å². The minimum absolute atomic E-state index is 0. The van der Waals surface area contributed by atoms with Gasteiger partial charge in [-0.3, -0.25) is 4.90 Å². The highest BCUT2D eigenvalue weighted by Crippen LogP contribution is 2.18. The first-order valence-corrected chi connectivity index (χ1v) is 9.17. The van der Waals surface area contributed by atoms with Gasteiger partial charge in [-0.05, 0) is 37.6 Å². The Morgan fingerprint density at radius 2 is 2.08 bits per heavy atom. The lowest BCUT2D eigenvalue weighted by atomic mass is 10.2. The highest BCUT2D eigenvalue weighted by atomic mass is 127. The summed E-state index contributed by atoms with van der Waals surface area (Å²) >= 11 is 3.44. The van der Waals surface area contributed by atoms with E-state index in [9.17, 15) is 4.39 Å². The van der Waals surface area contributed by atoms with Crippen LogP contribution in [0.3, 0.4) is 0 Å². The van der Waals surface area contributed by atoms with Crippen LogP contribution in [0, 0.1) is 5.82 Å². The van der Waals surface area contributed by atoms with Gasteiger partial charge in [-0.1, -0.05) is 15.9 Å². The van der Waals surface area contributed by atoms with E-state index < -0.39 is 0 Å². The van der Waals surface area contributed by atoms with Crippen molar-refractivity contribution in [1.82, 2.24) is 15.5 Å². The molecule has 1 aromatic rings. The van der Waals surface area contributed by atoms with Gasteiger partial charge >= 0.3 is 0 Å². The first-order chi connectivity index (χ1) is 11.6. The molecule has 1 atom stereocenters. The fraction of sp³-hybridized carbons (Fsp3) is 0.588. The molecule has 5 nitrogen and oxygen atoms in total. The molecule has 1 heterocycles. The molecule has 1 saturated heterocycles. The minimum atomic E-state index is -0.248. The number of guanidine groups is 1. The highest BCUT2D eigenvalue weighted by molar-refractivity contribution is 14.0. The van der Waals surface area contributed by atoms with E-state index in [-0.39, 0.29) is 29.8 Å². The zero-order valence-electron chi connectivity index (χ0n) is 14.7. The fourth-order valence-electron chi connectivity index (χ4n) is 2.56. The number of aliphatic imine (C=N–C) groups is 1. The Morgan fingerprint density at radius 1 is 1.36 bits per heavy atom. The second kappa shape index (κ2) is 12.0. The number of rotatable bonds is 6. The molecule has 0 saturated carbocycles. The summed E-state index contributed by atoms with van der Waals surface area (Å²) in [5, 5.41) is 6.60. The smallest absolute Gasteiger partial charge is 0.191 e. The predicted molar refractivity (Wildman–Crippen MR) is 114 cm³/mol. The van der Waals surface area contributed by atoms with Crippen LogP contribution in [0.4, 0.5) is 4.39 Å². The van der Waals surface area contributed by atoms with Gasteiger partial charge in [0.1, 0.15) is 5.82 Å². The van der Waals surface area contributed by atoms with Gasteiger partial charge in [-0.2, -0.15) is 0 Å². The van der Waals surface area contributed by atoms with E-state index >= 15 is 0 Å². The molecule has 8 heteroatoms. The monoisotopic (exact) mass is 528 g/mol. The summed E-state index contributed by atoms with van der Waals surface area (Å²) < 4.78 is 19.6. The zero-order chi connectivity index (χ0) is 17.4. The van der Waals surface area contributed by atoms with Crippen LogP contribution < -0.4 is 10.6 Å². The first-order valence-electron chi connectivity index (χ1n) is 8.38. The molecule has 0 bridgehead atoms. The Balaban J connectivity index is 0.00000312. The molecule has 142 valence electrons. The van der Waals surface area contributed by atoms with E-state index in [0.717, 1.165) is 55.4 Å². The Kier molecular flexibility index (Phi) is 10.9. The highest BCUT2D eigenvalue weighted by Gasteiger charge is 2.17. The van der Waals surface area contributed by atoms with Gasteiger partial charge in [0.05, 0.1) is 19.8 Å². The number of nitrogens with zero attached hydrogens (tertiary/aromatic N) is 2. The number of hydrogen-bond donors (Lipinski definition) is 2. The van der Waals surface area contributed by atoms with E-state index in [1.54, 1.807) is 6.07 Å². The van der Waals surface area contributed by atoms with Crippen molar-refractivity contribution in [3.63, 3.8) is 0 Å². The van der Waals surface area contributed by atoms with Crippen molar-refractivity contribution in [2.24, 2.45) is 4.99 Å². The number of nitrogens with one attached hydrogen (secondary N) is 2. The molecule has 0 amide bonds. The summed E-state index contributed by atoms with van der Waals surface area (Å²) in [5.74, 6) is 0.496. The normalized spacial score (nSPS) is 16.9. The van der Waals surface area contributed by atoms with Crippen LogP contribution in [0.2, 0.25) is 0 Å². The molecule has 25 heavy (non-hydrogen) atoms. The van der Waals surface area contributed by atoms with E-state index in [4.69, 9.17) is 4.74 Å². The van der Waals surface area contributed by atoms with Crippen LogP contribution in [0.25, 0.3) is 0 Å². The quantitative estimate of drug-likeness (QED) is 0.338. The molecule has 1 unspecified atom stereocenters. The summed E-state index contributed by atoms with van der Waals surface area (Å²) in [6.45, 7) is 9.75. The Hall–Kier alpha value is -0.450. The molecule has 0 aliphatic carbocycles. The Morgan fingerprint density at radius 3 is 2.76 bits per heavy atom. The Labute approximate surface area is 174 Å². The van der Waals surface area contributed by atoms with E-state index in [2.05, 4.69) is 43.4 Å². The lowest BCUT2D eigenvalue weighted by Crippen LogP contribution is -2.49. The van der Waals surface area contributed by atoms with Crippen LogP contribution >= 0.6 is 39.9 Å². The molecule has 0 spiro atoms. The van der Waals surface area contributed by atoms with Crippen molar-refractivity contribution < 1.29 is 9.13 Å². The van der Waals surface area contributed by atoms with Gasteiger partial charge in [-0.25, -0.2) is 9.38 Å². The maximum absolute atomic E-state index is 13.4. The number of morpholine rings is 1. The topological polar surface area (TPSA) is 48.9 Å². The second-order valence-electron chi connectivity index (χ2n) is 5.81. The lowest BCUT2D eigenvalue weighted by Gasteiger charge is -2.32. The maximum Gasteiger partial charge on any atom is 0.191 e. The van der Waals surface area contributed by atoms with E-state index in [1.165, 1.54) is 12.1 Å². The van der Waals surface area contributed by atoms with Crippen LogP contribution in [-0.2, 0) is 11.3 Å². The van der Waals surface area contributed by atoms with Gasteiger partial charge in [0.2, 0.25) is 0 Å². The number of hydrogen-bond acceptors (Lipinski definition) is 3. The van der Waals surface area contributed by atoms with Crippen molar-refractivity contribution in [2.75, 3.05) is 39.4 Å². The van der Waals surface area contributed by atoms with Gasteiger partial charge in [-0.15, -0.1) is 24.0 Å². The SMILES string of the molecule is CCNC(=NCc1cc(F)ccc1Br)NCC(C)N1CCOCC1.I. The zero-order valence-corrected chi connectivity index (χ0v) is 18.6. The average Bonchev–Trinajstić information content (AvgIpc) is 2.60. The third-order valence-corrected chi connectivity index (χ3v) is 4.77. The largest absolute Gasteiger partial charge is 0.379 e. The van der Waals surface area contributed by atoms with Gasteiger partial charge < -0.3 is 15.4 Å². The van der Waals surface area contributed by atoms with E-state index in [0.29, 0.717) is 12.6 Å². The van der Waals surface area contributed by atoms with Gasteiger partial charge in [0.25, 0.3) is 0 Å². The molecular weight excluding hydrogens is 502 g/mol. The van der Waals surface area contributed by atoms with Gasteiger partial charge in [0.15, 0.2) is 5.96 Å². The van der Waals surface area contributed by atoms with Crippen LogP contribution in [-0.4, -0.2) is 56.3 Å². The summed E-state index contributed by atoms with van der Waals surface area (Å²) in [7, 11) is 0. The van der Waals surface area contributed by atoms with Crippen molar-refractivity contribution in [3.05, 3.63) is 34.1 Å². The molecule has 1 aliphatic rings. The molecule has 2 N–H and O–H groups in total. The van der Waals surface area contributed by atoms with Crippen LogP contribution in [0.15, 0.2) is 27.7 Å². The third-order valence-electron chi connectivity index (χ3n) is 3.99. The predicted octanol–water partition coefficient (Wildman–Crippen LogP) is 2.98. The molecule has 1 fully saturated rings. The number of halogens is 3. The van der Waals surface area contributed by atoms with Crippen molar-refractivity contribution in [3.8, 4) is 0 Å². The molecular formula is C17H27BrFIN4O. The van der Waals surface area contributed by atoms with Crippen LogP contribution in [0.1, 0.15) is 19.4 Å². The summed E-state index contributed by atoms with van der Waals surface area (Å²) in [6.07, 6.45) is 0. The van der Waals surface area contributed by atoms with Crippen molar-refractivity contribution in [1.29, 1.82) is 0 Å². The number of ether oxygens (including phenoxy) is 1. The standard InChI is InChI=1S/C17H26BrFN4O.HI/c1-3-20-17(21-11-13(2)23-6-8-24-9-7-23)22-12-14-10-15(19)4-5-16(14)18;/h4-5,10,13H,3,6-9,11-12H2,1-2H3,(H2,20,21,22);1H. The Bertz CT molecular complexity index is 555. The van der Waals surface area contributed by atoms with Crippen molar-refractivity contribution in [2.45, 2.75) is 26.4 Å². The summed E-state index contributed by atoms with van der Waals surface area (Å²) in [6, 6.07) is 5.05. The molecule has 0 radical (unpaired) electrons. The molecule has 1 aromatic carbocycles. The second-order valence-corrected chi connectivity index (χ2v) is 6.66. The minimum Gasteiger partial charge on any atom is -0.379 e. The van der Waals surface area contributed by atoms with E-state index in [1.807, 2.05) is 6.92 Å². The van der Waals surface area contributed by atoms with Crippen molar-refractivity contribution >= 4 is 45.9 Å². The van der Waals surface area contributed by atoms with Gasteiger partial charge in [0, 0.05) is 36.7 Å². The third kappa shape index (κ3) is 7.76. The molecule has 0 aromatic heterocycles. The summed E-state index contributed by atoms with van der Waals surface area (Å²) in [4.78, 5) is 6.96. The maximum atomic E-state index is 13.4. The lowest BCUT2D eigenvalue weighted by molar-refractivity contribution is 0.0211. The average molecular weight is 529 g/mol. The first kappa shape index (κ1) is 22.6. The number of benzene rings is 1. The fourth-order valence-corrected chi connectivity index (χ4v) is 2.93. The summed E-state index contributed by atoms with van der Waals surface area (Å²) in [5.41, 5.74) is 0.827.